The maximum atomic E-state index is 6.00. The molecular formula is C9H11BrClN3S. The van der Waals surface area contributed by atoms with Crippen molar-refractivity contribution in [3.05, 3.63) is 21.3 Å². The van der Waals surface area contributed by atoms with Gasteiger partial charge in [-0.25, -0.2) is 4.98 Å². The fourth-order valence-electron chi connectivity index (χ4n) is 0.959. The van der Waals surface area contributed by atoms with Gasteiger partial charge in [0.2, 0.25) is 0 Å². The maximum absolute atomic E-state index is 6.00. The van der Waals surface area contributed by atoms with E-state index in [4.69, 9.17) is 23.8 Å². The number of nitrogens with zero attached hydrogens (tertiary/aromatic N) is 1. The first-order chi connectivity index (χ1) is 7.04. The van der Waals surface area contributed by atoms with Crippen LogP contribution in [0.25, 0.3) is 0 Å². The van der Waals surface area contributed by atoms with E-state index >= 15 is 0 Å². The van der Waals surface area contributed by atoms with Gasteiger partial charge in [0, 0.05) is 11.0 Å². The Hall–Kier alpha value is -0.390. The number of halogens is 2. The summed E-state index contributed by atoms with van der Waals surface area (Å²) in [6, 6.07) is 1.79. The van der Waals surface area contributed by atoms with Gasteiger partial charge in [-0.3, -0.25) is 0 Å². The second kappa shape index (κ2) is 5.63. The van der Waals surface area contributed by atoms with Crippen molar-refractivity contribution < 1.29 is 0 Å². The summed E-state index contributed by atoms with van der Waals surface area (Å²) in [5, 5.41) is 6.96. The molecule has 82 valence electrons. The first-order valence-electron chi connectivity index (χ1n) is 4.42. The summed E-state index contributed by atoms with van der Waals surface area (Å²) in [6.07, 6.45) is 0. The Balaban J connectivity index is 2.86. The van der Waals surface area contributed by atoms with Gasteiger partial charge in [0.1, 0.15) is 0 Å². The minimum Gasteiger partial charge on any atom is -0.363 e. The molecule has 0 saturated heterocycles. The topological polar surface area (TPSA) is 37.0 Å². The van der Waals surface area contributed by atoms with Gasteiger partial charge in [-0.2, -0.15) is 0 Å². The molecule has 0 aliphatic rings. The molecule has 15 heavy (non-hydrogen) atoms. The van der Waals surface area contributed by atoms with Gasteiger partial charge < -0.3 is 10.6 Å². The Bertz CT molecular complexity index is 384. The number of hydrogen-bond acceptors (Lipinski definition) is 2. The van der Waals surface area contributed by atoms with E-state index in [0.717, 1.165) is 16.7 Å². The van der Waals surface area contributed by atoms with Gasteiger partial charge in [0.25, 0.3) is 0 Å². The zero-order valence-corrected chi connectivity index (χ0v) is 11.6. The Morgan fingerprint density at radius 3 is 2.93 bits per heavy atom. The summed E-state index contributed by atoms with van der Waals surface area (Å²) in [4.78, 5) is 4.28. The van der Waals surface area contributed by atoms with Crippen molar-refractivity contribution in [2.45, 2.75) is 13.8 Å². The van der Waals surface area contributed by atoms with Gasteiger partial charge >= 0.3 is 0 Å². The molecule has 3 nitrogen and oxygen atoms in total. The SMILES string of the molecule is CCNC(=S)Nc1nc(C)c(Br)cc1Cl. The molecular weight excluding hydrogens is 298 g/mol. The smallest absolute Gasteiger partial charge is 0.171 e. The van der Waals surface area contributed by atoms with Crippen LogP contribution in [0.1, 0.15) is 12.6 Å². The summed E-state index contributed by atoms with van der Waals surface area (Å²) in [7, 11) is 0. The third-order valence-electron chi connectivity index (χ3n) is 1.67. The summed E-state index contributed by atoms with van der Waals surface area (Å²) in [6.45, 7) is 4.62. The van der Waals surface area contributed by atoms with Crippen molar-refractivity contribution in [1.29, 1.82) is 0 Å². The summed E-state index contributed by atoms with van der Waals surface area (Å²) in [5.74, 6) is 0.573. The van der Waals surface area contributed by atoms with Crippen LogP contribution >= 0.6 is 39.7 Å². The molecule has 0 radical (unpaired) electrons. The van der Waals surface area contributed by atoms with Gasteiger partial charge in [0.15, 0.2) is 10.9 Å². The first-order valence-corrected chi connectivity index (χ1v) is 6.00. The highest BCUT2D eigenvalue weighted by Crippen LogP contribution is 2.25. The average molecular weight is 309 g/mol. The molecule has 1 aromatic rings. The Kier molecular flexibility index (Phi) is 4.76. The predicted molar refractivity (Wildman–Crippen MR) is 71.6 cm³/mol. The van der Waals surface area contributed by atoms with Crippen molar-refractivity contribution in [3.63, 3.8) is 0 Å². The molecule has 0 aliphatic carbocycles. The molecule has 0 atom stereocenters. The molecule has 0 spiro atoms. The van der Waals surface area contributed by atoms with Crippen LogP contribution in [0.2, 0.25) is 5.02 Å². The third-order valence-corrected chi connectivity index (χ3v) is 3.01. The zero-order chi connectivity index (χ0) is 11.4. The van der Waals surface area contributed by atoms with Crippen molar-refractivity contribution in [2.75, 3.05) is 11.9 Å². The van der Waals surface area contributed by atoms with E-state index in [2.05, 4.69) is 31.5 Å². The van der Waals surface area contributed by atoms with Crippen LogP contribution in [0.4, 0.5) is 5.82 Å². The fraction of sp³-hybridized carbons (Fsp3) is 0.333. The lowest BCUT2D eigenvalue weighted by molar-refractivity contribution is 0.977. The number of aromatic nitrogens is 1. The number of rotatable bonds is 2. The number of nitrogens with one attached hydrogen (secondary N) is 2. The standard InChI is InChI=1S/C9H11BrClN3S/c1-3-12-9(15)14-8-7(11)4-6(10)5(2)13-8/h4H,3H2,1-2H3,(H2,12,13,14,15). The lowest BCUT2D eigenvalue weighted by atomic mass is 10.4. The van der Waals surface area contributed by atoms with Crippen LogP contribution in [-0.4, -0.2) is 16.6 Å². The molecule has 1 rings (SSSR count). The van der Waals surface area contributed by atoms with Crippen molar-refractivity contribution in [2.24, 2.45) is 0 Å². The summed E-state index contributed by atoms with van der Waals surface area (Å²) >= 11 is 14.4. The Morgan fingerprint density at radius 1 is 1.67 bits per heavy atom. The van der Waals surface area contributed by atoms with E-state index in [1.54, 1.807) is 6.07 Å². The van der Waals surface area contributed by atoms with E-state index in [-0.39, 0.29) is 0 Å². The highest BCUT2D eigenvalue weighted by Gasteiger charge is 2.06. The molecule has 0 bridgehead atoms. The van der Waals surface area contributed by atoms with Gasteiger partial charge in [-0.1, -0.05) is 11.6 Å². The van der Waals surface area contributed by atoms with Crippen molar-refractivity contribution >= 4 is 50.7 Å². The molecule has 1 aromatic heterocycles. The second-order valence-electron chi connectivity index (χ2n) is 2.87. The molecule has 0 unspecified atom stereocenters. The zero-order valence-electron chi connectivity index (χ0n) is 8.40. The number of anilines is 1. The predicted octanol–water partition coefficient (Wildman–Crippen LogP) is 3.11. The Morgan fingerprint density at radius 2 is 2.33 bits per heavy atom. The maximum Gasteiger partial charge on any atom is 0.171 e. The summed E-state index contributed by atoms with van der Waals surface area (Å²) < 4.78 is 0.882. The van der Waals surface area contributed by atoms with Crippen LogP contribution in [0.15, 0.2) is 10.5 Å². The highest BCUT2D eigenvalue weighted by atomic mass is 79.9. The summed E-state index contributed by atoms with van der Waals surface area (Å²) in [5.41, 5.74) is 0.862. The molecule has 2 N–H and O–H groups in total. The van der Waals surface area contributed by atoms with Gasteiger partial charge in [-0.15, -0.1) is 0 Å². The molecule has 0 amide bonds. The van der Waals surface area contributed by atoms with Crippen LogP contribution in [0.3, 0.4) is 0 Å². The van der Waals surface area contributed by atoms with E-state index in [0.29, 0.717) is 16.0 Å². The van der Waals surface area contributed by atoms with Crippen LogP contribution < -0.4 is 10.6 Å². The molecule has 0 aliphatic heterocycles. The van der Waals surface area contributed by atoms with E-state index in [1.807, 2.05) is 13.8 Å². The Labute approximate surface area is 108 Å². The normalized spacial score (nSPS) is 9.87. The van der Waals surface area contributed by atoms with Gasteiger partial charge in [0.05, 0.1) is 10.7 Å². The van der Waals surface area contributed by atoms with Crippen LogP contribution in [-0.2, 0) is 0 Å². The highest BCUT2D eigenvalue weighted by molar-refractivity contribution is 9.10. The number of thiocarbonyl (C=S) groups is 1. The molecule has 0 aromatic carbocycles. The van der Waals surface area contributed by atoms with Gasteiger partial charge in [-0.05, 0) is 48.1 Å². The molecule has 0 saturated carbocycles. The molecule has 0 fully saturated rings. The number of hydrogen-bond donors (Lipinski definition) is 2. The lowest BCUT2D eigenvalue weighted by Crippen LogP contribution is -2.28. The second-order valence-corrected chi connectivity index (χ2v) is 4.54. The van der Waals surface area contributed by atoms with Crippen LogP contribution in [0.5, 0.6) is 0 Å². The first kappa shape index (κ1) is 12.7. The fourth-order valence-corrected chi connectivity index (χ4v) is 1.85. The van der Waals surface area contributed by atoms with Crippen molar-refractivity contribution in [3.8, 4) is 0 Å². The average Bonchev–Trinajstić information content (AvgIpc) is 2.14. The molecule has 6 heteroatoms. The van der Waals surface area contributed by atoms with E-state index < -0.39 is 0 Å². The largest absolute Gasteiger partial charge is 0.363 e. The van der Waals surface area contributed by atoms with E-state index in [1.165, 1.54) is 0 Å². The van der Waals surface area contributed by atoms with E-state index in [9.17, 15) is 0 Å². The monoisotopic (exact) mass is 307 g/mol. The number of aryl methyl sites for hydroxylation is 1. The van der Waals surface area contributed by atoms with Crippen molar-refractivity contribution in [1.82, 2.24) is 10.3 Å². The van der Waals surface area contributed by atoms with Crippen LogP contribution in [0, 0.1) is 6.92 Å². The minimum absolute atomic E-state index is 0.522. The minimum atomic E-state index is 0.522. The third kappa shape index (κ3) is 3.59. The molecule has 1 heterocycles. The quantitative estimate of drug-likeness (QED) is 0.823. The lowest BCUT2D eigenvalue weighted by Gasteiger charge is -2.10. The number of pyridine rings is 1.